The number of esters is 2. The van der Waals surface area contributed by atoms with Crippen molar-refractivity contribution in [3.05, 3.63) is 23.8 Å². The molecule has 4 rings (SSSR count). The van der Waals surface area contributed by atoms with E-state index in [-0.39, 0.29) is 30.5 Å². The lowest BCUT2D eigenvalue weighted by Crippen LogP contribution is -2.65. The fourth-order valence-electron chi connectivity index (χ4n) is 9.83. The van der Waals surface area contributed by atoms with Crippen molar-refractivity contribution in [3.8, 4) is 0 Å². The molecule has 0 heterocycles. The summed E-state index contributed by atoms with van der Waals surface area (Å²) < 4.78 is 11.1. The number of ether oxygens (including phenoxy) is 2. The van der Waals surface area contributed by atoms with Crippen LogP contribution in [-0.2, 0) is 28.7 Å². The Balaban J connectivity index is 1.81. The van der Waals surface area contributed by atoms with Gasteiger partial charge in [-0.3, -0.25) is 19.2 Å². The Morgan fingerprint density at radius 1 is 1.00 bits per heavy atom. The van der Waals surface area contributed by atoms with Crippen LogP contribution in [0.15, 0.2) is 23.8 Å². The number of carbonyl (C=O) groups excluding carboxylic acids is 4. The molecule has 43 heavy (non-hydrogen) atoms. The largest absolute Gasteiger partial charge is 0.462 e. The number of fused-ring (bicyclic) bond motifs is 5. The van der Waals surface area contributed by atoms with Gasteiger partial charge in [-0.15, -0.1) is 0 Å². The highest BCUT2D eigenvalue weighted by Gasteiger charge is 2.75. The van der Waals surface area contributed by atoms with Gasteiger partial charge < -0.3 is 24.8 Å². The lowest BCUT2D eigenvalue weighted by atomic mass is 9.38. The van der Waals surface area contributed by atoms with Crippen LogP contribution in [0.25, 0.3) is 0 Å². The first-order valence-corrected chi connectivity index (χ1v) is 15.4. The van der Waals surface area contributed by atoms with Crippen LogP contribution in [0.3, 0.4) is 0 Å². The molecule has 0 aromatic heterocycles. The number of aliphatic hydroxyl groups is 3. The minimum atomic E-state index is -2.02. The zero-order valence-corrected chi connectivity index (χ0v) is 27.3. The van der Waals surface area contributed by atoms with Gasteiger partial charge in [-0.2, -0.15) is 0 Å². The molecule has 0 spiro atoms. The van der Waals surface area contributed by atoms with Crippen molar-refractivity contribution < 1.29 is 44.0 Å². The van der Waals surface area contributed by atoms with Crippen molar-refractivity contribution in [3.63, 3.8) is 0 Å². The number of carbonyl (C=O) groups is 4. The van der Waals surface area contributed by atoms with Gasteiger partial charge >= 0.3 is 11.9 Å². The Kier molecular flexibility index (Phi) is 8.07. The normalized spacial score (nSPS) is 41.8. The maximum atomic E-state index is 14.5. The third-order valence-corrected chi connectivity index (χ3v) is 12.1. The van der Waals surface area contributed by atoms with E-state index in [9.17, 15) is 34.5 Å². The Morgan fingerprint density at radius 3 is 2.16 bits per heavy atom. The molecular weight excluding hydrogens is 552 g/mol. The zero-order chi connectivity index (χ0) is 32.7. The molecule has 3 fully saturated rings. The molecule has 10 atom stereocenters. The number of aliphatic hydroxyl groups excluding tert-OH is 2. The van der Waals surface area contributed by atoms with Gasteiger partial charge in [-0.25, -0.2) is 0 Å². The van der Waals surface area contributed by atoms with Crippen molar-refractivity contribution in [2.45, 2.75) is 124 Å². The zero-order valence-electron chi connectivity index (χ0n) is 27.3. The summed E-state index contributed by atoms with van der Waals surface area (Å²) in [4.78, 5) is 52.1. The minimum Gasteiger partial charge on any atom is -0.462 e. The molecule has 4 aliphatic rings. The van der Waals surface area contributed by atoms with Crippen molar-refractivity contribution in [2.75, 3.05) is 0 Å². The molecule has 0 bridgehead atoms. The van der Waals surface area contributed by atoms with Crippen LogP contribution < -0.4 is 0 Å². The number of allylic oxidation sites excluding steroid dienone is 1. The molecular formula is C34H50O9. The number of hydrogen-bond donors (Lipinski definition) is 3. The third kappa shape index (κ3) is 4.94. The monoisotopic (exact) mass is 602 g/mol. The molecule has 9 nitrogen and oxygen atoms in total. The van der Waals surface area contributed by atoms with Crippen LogP contribution in [0.2, 0.25) is 0 Å². The van der Waals surface area contributed by atoms with E-state index in [0.717, 1.165) is 5.57 Å². The van der Waals surface area contributed by atoms with Crippen LogP contribution in [0, 0.1) is 39.4 Å². The van der Waals surface area contributed by atoms with Gasteiger partial charge in [0.15, 0.2) is 5.78 Å². The number of rotatable bonds is 6. The summed E-state index contributed by atoms with van der Waals surface area (Å²) >= 11 is 0. The molecule has 240 valence electrons. The smallest absolute Gasteiger partial charge is 0.303 e. The summed E-state index contributed by atoms with van der Waals surface area (Å²) in [5, 5.41) is 33.8. The predicted molar refractivity (Wildman–Crippen MR) is 158 cm³/mol. The summed E-state index contributed by atoms with van der Waals surface area (Å²) in [5.41, 5.74) is -5.28. The standard InChI is InChI=1S/C34H50O9/c1-18(35)42-23-16-31(7)24-12-11-20-21(15-22(37)28(40)30(20,5)6)33(24,9)26(39)17-32(31,8)27(23)34(10,41)25(38)13-14-29(3,4)43-19(2)36/h11,13-14,21-24,27-28,37,40-41H,12,15-17H2,1-10H3/b14-13+/t21-,22+,23-,24+,27+,28-,31+,32-,33+,34+/m1/s1. The Bertz CT molecular complexity index is 1270. The van der Waals surface area contributed by atoms with Crippen molar-refractivity contribution >= 4 is 23.5 Å². The van der Waals surface area contributed by atoms with E-state index in [1.165, 1.54) is 32.9 Å². The Hall–Kier alpha value is -2.36. The molecule has 3 saturated carbocycles. The Morgan fingerprint density at radius 2 is 1.60 bits per heavy atom. The van der Waals surface area contributed by atoms with E-state index in [4.69, 9.17) is 9.47 Å². The SMILES string of the molecule is CC(=O)O[C@@H]1C[C@@]2(C)[C@@H]3CC=C4[C@@H](C[C@H](O)[C@@H](O)C4(C)C)[C@]3(C)C(=O)C[C@]2(C)[C@H]1[C@@](C)(O)C(=O)/C=C/C(C)(C)OC(C)=O. The second-order valence-electron chi connectivity index (χ2n) is 15.6. The van der Waals surface area contributed by atoms with Crippen LogP contribution in [-0.4, -0.2) is 68.3 Å². The molecule has 0 aliphatic heterocycles. The highest BCUT2D eigenvalue weighted by molar-refractivity contribution is 5.97. The predicted octanol–water partition coefficient (Wildman–Crippen LogP) is 3.86. The topological polar surface area (TPSA) is 147 Å². The highest BCUT2D eigenvalue weighted by atomic mass is 16.6. The van der Waals surface area contributed by atoms with E-state index < -0.39 is 74.8 Å². The maximum absolute atomic E-state index is 14.5. The summed E-state index contributed by atoms with van der Waals surface area (Å²) in [5.74, 6) is -3.13. The van der Waals surface area contributed by atoms with Gasteiger partial charge in [0.2, 0.25) is 0 Å². The quantitative estimate of drug-likeness (QED) is 0.234. The van der Waals surface area contributed by atoms with Crippen LogP contribution >= 0.6 is 0 Å². The molecule has 4 aliphatic carbocycles. The number of Topliss-reactive ketones (excluding diaryl/α,β-unsaturated/α-hetero) is 1. The lowest BCUT2D eigenvalue weighted by Gasteiger charge is -2.65. The summed E-state index contributed by atoms with van der Waals surface area (Å²) in [6.45, 7) is 17.0. The van der Waals surface area contributed by atoms with Crippen LogP contribution in [0.1, 0.15) is 94.9 Å². The molecule has 0 unspecified atom stereocenters. The van der Waals surface area contributed by atoms with E-state index in [1.807, 2.05) is 27.7 Å². The molecule has 0 aromatic rings. The third-order valence-electron chi connectivity index (χ3n) is 12.1. The van der Waals surface area contributed by atoms with Crippen molar-refractivity contribution in [2.24, 2.45) is 39.4 Å². The van der Waals surface area contributed by atoms with E-state index in [2.05, 4.69) is 13.0 Å². The second-order valence-corrected chi connectivity index (χ2v) is 15.6. The van der Waals surface area contributed by atoms with Gasteiger partial charge in [0.05, 0.1) is 12.2 Å². The average molecular weight is 603 g/mol. The second kappa shape index (κ2) is 10.3. The first-order chi connectivity index (χ1) is 19.5. The van der Waals surface area contributed by atoms with Gasteiger partial charge in [0, 0.05) is 37.0 Å². The van der Waals surface area contributed by atoms with Gasteiger partial charge in [0.1, 0.15) is 23.1 Å². The van der Waals surface area contributed by atoms with Gasteiger partial charge in [0.25, 0.3) is 0 Å². The van der Waals surface area contributed by atoms with E-state index in [1.54, 1.807) is 13.8 Å². The molecule has 0 radical (unpaired) electrons. The van der Waals surface area contributed by atoms with Crippen molar-refractivity contribution in [1.82, 2.24) is 0 Å². The minimum absolute atomic E-state index is 0.0178. The maximum Gasteiger partial charge on any atom is 0.303 e. The number of hydrogen-bond acceptors (Lipinski definition) is 9. The fraction of sp³-hybridized carbons (Fsp3) is 0.765. The Labute approximate surface area is 255 Å². The summed E-state index contributed by atoms with van der Waals surface area (Å²) in [6, 6.07) is 0. The first-order valence-electron chi connectivity index (χ1n) is 15.4. The number of ketones is 2. The lowest BCUT2D eigenvalue weighted by molar-refractivity contribution is -0.187. The molecule has 3 N–H and O–H groups in total. The van der Waals surface area contributed by atoms with Crippen molar-refractivity contribution in [1.29, 1.82) is 0 Å². The van der Waals surface area contributed by atoms with Gasteiger partial charge in [-0.05, 0) is 74.9 Å². The average Bonchev–Trinajstić information content (AvgIpc) is 3.07. The summed E-state index contributed by atoms with van der Waals surface area (Å²) in [6.07, 6.45) is 3.18. The van der Waals surface area contributed by atoms with Crippen LogP contribution in [0.5, 0.6) is 0 Å². The van der Waals surface area contributed by atoms with E-state index in [0.29, 0.717) is 12.8 Å². The first kappa shape index (κ1) is 33.5. The summed E-state index contributed by atoms with van der Waals surface area (Å²) in [7, 11) is 0. The fourth-order valence-corrected chi connectivity index (χ4v) is 9.83. The van der Waals surface area contributed by atoms with E-state index >= 15 is 0 Å². The highest BCUT2D eigenvalue weighted by Crippen LogP contribution is 2.74. The molecule has 0 amide bonds. The molecule has 9 heteroatoms. The van der Waals surface area contributed by atoms with Gasteiger partial charge in [-0.1, -0.05) is 46.3 Å². The molecule has 0 saturated heterocycles. The molecule has 0 aromatic carbocycles. The van der Waals surface area contributed by atoms with Crippen LogP contribution in [0.4, 0.5) is 0 Å².